The summed E-state index contributed by atoms with van der Waals surface area (Å²) in [6.07, 6.45) is 1.91. The van der Waals surface area contributed by atoms with Crippen LogP contribution in [-0.4, -0.2) is 9.67 Å². The number of phenolic OH excluding ortho intramolecular Hbond substituents is 1. The average molecular weight is 271 g/mol. The fraction of sp³-hybridized carbons (Fsp3) is 0.125. The second kappa shape index (κ2) is 4.89. The van der Waals surface area contributed by atoms with Crippen LogP contribution in [0, 0.1) is 5.82 Å². The van der Waals surface area contributed by atoms with Crippen molar-refractivity contribution in [2.75, 3.05) is 0 Å². The molecule has 2 aromatic carbocycles. The van der Waals surface area contributed by atoms with E-state index in [2.05, 4.69) is 0 Å². The number of phenols is 1. The van der Waals surface area contributed by atoms with Gasteiger partial charge in [-0.15, -0.1) is 0 Å². The summed E-state index contributed by atoms with van der Waals surface area (Å²) in [5.41, 5.74) is 1.77. The summed E-state index contributed by atoms with van der Waals surface area (Å²) in [5.74, 6) is 0.289. The lowest BCUT2D eigenvalue weighted by molar-refractivity contribution is 0.290. The zero-order valence-corrected chi connectivity index (χ0v) is 11.0. The second-order valence-electron chi connectivity index (χ2n) is 4.68. The molecule has 0 bridgehead atoms. The number of nitrogens with zero attached hydrogens (tertiary/aromatic N) is 1. The molecule has 0 aliphatic rings. The predicted molar refractivity (Wildman–Crippen MR) is 75.3 cm³/mol. The normalized spacial score (nSPS) is 10.9. The van der Waals surface area contributed by atoms with E-state index in [1.54, 1.807) is 30.3 Å². The number of aromatic hydroxyl groups is 1. The van der Waals surface area contributed by atoms with Gasteiger partial charge in [0.1, 0.15) is 12.4 Å². The second-order valence-corrected chi connectivity index (χ2v) is 4.68. The molecule has 0 amide bonds. The molecule has 102 valence electrons. The van der Waals surface area contributed by atoms with Crippen molar-refractivity contribution in [3.8, 4) is 11.5 Å². The summed E-state index contributed by atoms with van der Waals surface area (Å²) in [6, 6.07) is 11.5. The Labute approximate surface area is 115 Å². The van der Waals surface area contributed by atoms with E-state index in [1.807, 2.05) is 17.8 Å². The Balaban J connectivity index is 1.90. The molecule has 0 saturated carbocycles. The monoisotopic (exact) mass is 271 g/mol. The van der Waals surface area contributed by atoms with Crippen LogP contribution in [0.5, 0.6) is 11.5 Å². The Morgan fingerprint density at radius 1 is 1.20 bits per heavy atom. The van der Waals surface area contributed by atoms with Gasteiger partial charge in [-0.05, 0) is 30.3 Å². The molecule has 0 saturated heterocycles. The third-order valence-electron chi connectivity index (χ3n) is 3.28. The number of para-hydroxylation sites is 2. The van der Waals surface area contributed by atoms with Crippen LogP contribution in [0.25, 0.3) is 10.9 Å². The van der Waals surface area contributed by atoms with E-state index >= 15 is 0 Å². The van der Waals surface area contributed by atoms with E-state index in [0.29, 0.717) is 12.4 Å². The van der Waals surface area contributed by atoms with Crippen molar-refractivity contribution >= 4 is 10.9 Å². The molecule has 1 N–H and O–H groups in total. The van der Waals surface area contributed by atoms with Crippen LogP contribution < -0.4 is 4.74 Å². The first kappa shape index (κ1) is 12.5. The predicted octanol–water partition coefficient (Wildman–Crippen LogP) is 3.60. The van der Waals surface area contributed by atoms with E-state index in [-0.39, 0.29) is 11.6 Å². The van der Waals surface area contributed by atoms with Gasteiger partial charge >= 0.3 is 0 Å². The molecule has 0 fully saturated rings. The lowest BCUT2D eigenvalue weighted by atomic mass is 10.2. The highest BCUT2D eigenvalue weighted by Gasteiger charge is 2.09. The number of aryl methyl sites for hydroxylation is 1. The van der Waals surface area contributed by atoms with E-state index in [0.717, 1.165) is 16.5 Å². The molecule has 0 aliphatic carbocycles. The van der Waals surface area contributed by atoms with E-state index in [4.69, 9.17) is 4.74 Å². The zero-order chi connectivity index (χ0) is 14.1. The van der Waals surface area contributed by atoms with Crippen LogP contribution in [0.4, 0.5) is 4.39 Å². The molecule has 3 aromatic rings. The Hall–Kier alpha value is -2.49. The number of aromatic nitrogens is 1. The Morgan fingerprint density at radius 2 is 2.00 bits per heavy atom. The Bertz CT molecular complexity index is 764. The standard InChI is InChI=1S/C16H14FNO2/c1-18-9-11(13-7-6-12(17)8-14(13)18)10-20-16-5-3-2-4-15(16)19/h2-9,19H,10H2,1H3. The summed E-state index contributed by atoms with van der Waals surface area (Å²) < 4.78 is 20.7. The van der Waals surface area contributed by atoms with E-state index in [1.165, 1.54) is 12.1 Å². The Kier molecular flexibility index (Phi) is 3.06. The lowest BCUT2D eigenvalue weighted by Gasteiger charge is -2.06. The minimum absolute atomic E-state index is 0.110. The number of fused-ring (bicyclic) bond motifs is 1. The average Bonchev–Trinajstić information content (AvgIpc) is 2.74. The third kappa shape index (κ3) is 2.20. The molecular formula is C16H14FNO2. The maximum absolute atomic E-state index is 13.3. The summed E-state index contributed by atoms with van der Waals surface area (Å²) in [7, 11) is 1.87. The van der Waals surface area contributed by atoms with Crippen molar-refractivity contribution in [2.24, 2.45) is 7.05 Å². The van der Waals surface area contributed by atoms with Gasteiger partial charge in [0, 0.05) is 24.2 Å². The SMILES string of the molecule is Cn1cc(COc2ccccc2O)c2ccc(F)cc21. The first-order valence-corrected chi connectivity index (χ1v) is 6.29. The van der Waals surface area contributed by atoms with Crippen molar-refractivity contribution in [3.05, 3.63) is 60.0 Å². The van der Waals surface area contributed by atoms with Gasteiger partial charge in [0.15, 0.2) is 11.5 Å². The highest BCUT2D eigenvalue weighted by atomic mass is 19.1. The van der Waals surface area contributed by atoms with Gasteiger partial charge in [0.25, 0.3) is 0 Å². The smallest absolute Gasteiger partial charge is 0.161 e. The van der Waals surface area contributed by atoms with Gasteiger partial charge in [-0.25, -0.2) is 4.39 Å². The molecule has 0 radical (unpaired) electrons. The first-order valence-electron chi connectivity index (χ1n) is 6.29. The van der Waals surface area contributed by atoms with E-state index in [9.17, 15) is 9.50 Å². The van der Waals surface area contributed by atoms with Gasteiger partial charge in [-0.1, -0.05) is 12.1 Å². The number of benzene rings is 2. The molecule has 0 atom stereocenters. The number of ether oxygens (including phenoxy) is 1. The van der Waals surface area contributed by atoms with Gasteiger partial charge in [-0.2, -0.15) is 0 Å². The minimum atomic E-state index is -0.258. The molecule has 1 aromatic heterocycles. The van der Waals surface area contributed by atoms with Gasteiger partial charge < -0.3 is 14.4 Å². The molecular weight excluding hydrogens is 257 g/mol. The molecule has 0 unspecified atom stereocenters. The topological polar surface area (TPSA) is 34.4 Å². The van der Waals surface area contributed by atoms with Gasteiger partial charge in [0.05, 0.1) is 5.52 Å². The van der Waals surface area contributed by atoms with Crippen molar-refractivity contribution in [1.29, 1.82) is 0 Å². The fourth-order valence-corrected chi connectivity index (χ4v) is 2.29. The van der Waals surface area contributed by atoms with Crippen molar-refractivity contribution in [2.45, 2.75) is 6.61 Å². The maximum Gasteiger partial charge on any atom is 0.161 e. The highest BCUT2D eigenvalue weighted by Crippen LogP contribution is 2.27. The zero-order valence-electron chi connectivity index (χ0n) is 11.0. The molecule has 1 heterocycles. The number of halogens is 1. The number of hydrogen-bond donors (Lipinski definition) is 1. The first-order chi connectivity index (χ1) is 9.65. The molecule has 0 aliphatic heterocycles. The molecule has 0 spiro atoms. The quantitative estimate of drug-likeness (QED) is 0.789. The molecule has 3 nitrogen and oxygen atoms in total. The Morgan fingerprint density at radius 3 is 2.80 bits per heavy atom. The van der Waals surface area contributed by atoms with Crippen LogP contribution in [-0.2, 0) is 13.7 Å². The lowest BCUT2D eigenvalue weighted by Crippen LogP contribution is -1.94. The third-order valence-corrected chi connectivity index (χ3v) is 3.28. The highest BCUT2D eigenvalue weighted by molar-refractivity contribution is 5.83. The van der Waals surface area contributed by atoms with E-state index < -0.39 is 0 Å². The van der Waals surface area contributed by atoms with Crippen molar-refractivity contribution < 1.29 is 14.2 Å². The number of rotatable bonds is 3. The van der Waals surface area contributed by atoms with Crippen LogP contribution in [0.2, 0.25) is 0 Å². The summed E-state index contributed by atoms with van der Waals surface area (Å²) in [5, 5.41) is 10.6. The number of hydrogen-bond acceptors (Lipinski definition) is 2. The van der Waals surface area contributed by atoms with Crippen LogP contribution in [0.15, 0.2) is 48.7 Å². The van der Waals surface area contributed by atoms with Crippen LogP contribution in [0.3, 0.4) is 0 Å². The van der Waals surface area contributed by atoms with Crippen molar-refractivity contribution in [1.82, 2.24) is 4.57 Å². The summed E-state index contributed by atoms with van der Waals surface area (Å²) >= 11 is 0. The van der Waals surface area contributed by atoms with Crippen molar-refractivity contribution in [3.63, 3.8) is 0 Å². The fourth-order valence-electron chi connectivity index (χ4n) is 2.29. The van der Waals surface area contributed by atoms with Crippen LogP contribution in [0.1, 0.15) is 5.56 Å². The van der Waals surface area contributed by atoms with Crippen LogP contribution >= 0.6 is 0 Å². The molecule has 3 rings (SSSR count). The minimum Gasteiger partial charge on any atom is -0.504 e. The maximum atomic E-state index is 13.3. The summed E-state index contributed by atoms with van der Waals surface area (Å²) in [6.45, 7) is 0.320. The van der Waals surface area contributed by atoms with Gasteiger partial charge in [-0.3, -0.25) is 0 Å². The molecule has 20 heavy (non-hydrogen) atoms. The summed E-state index contributed by atoms with van der Waals surface area (Å²) in [4.78, 5) is 0. The largest absolute Gasteiger partial charge is 0.504 e. The van der Waals surface area contributed by atoms with Gasteiger partial charge in [0.2, 0.25) is 0 Å². The molecule has 4 heteroatoms.